The van der Waals surface area contributed by atoms with Crippen LogP contribution < -0.4 is 14.8 Å². The Kier molecular flexibility index (Phi) is 5.20. The fourth-order valence-electron chi connectivity index (χ4n) is 2.37. The topological polar surface area (TPSA) is 69.4 Å². The Bertz CT molecular complexity index is 908. The summed E-state index contributed by atoms with van der Waals surface area (Å²) in [5.41, 5.74) is 0.455. The summed E-state index contributed by atoms with van der Waals surface area (Å²) in [4.78, 5) is 0. The van der Waals surface area contributed by atoms with E-state index in [1.54, 1.807) is 18.2 Å². The standard InChI is InChI=1S/C18H16F3N3O3/c1-25-14-8-3-11(9-15(14)26-2)17-24-23-16(27-17)10-22-13-6-4-12(5-7-13)18(19,20)21/h3-9,22H,10H2,1-2H3. The molecule has 0 amide bonds. The molecule has 0 bridgehead atoms. The molecule has 0 radical (unpaired) electrons. The third-order valence-electron chi connectivity index (χ3n) is 3.75. The van der Waals surface area contributed by atoms with Crippen molar-refractivity contribution in [1.82, 2.24) is 10.2 Å². The summed E-state index contributed by atoms with van der Waals surface area (Å²) < 4.78 is 53.7. The first kappa shape index (κ1) is 18.6. The van der Waals surface area contributed by atoms with Crippen LogP contribution in [0, 0.1) is 0 Å². The monoisotopic (exact) mass is 379 g/mol. The van der Waals surface area contributed by atoms with Crippen molar-refractivity contribution in [3.05, 3.63) is 53.9 Å². The average Bonchev–Trinajstić information content (AvgIpc) is 3.14. The van der Waals surface area contributed by atoms with E-state index in [0.29, 0.717) is 34.5 Å². The molecule has 0 fully saturated rings. The van der Waals surface area contributed by atoms with E-state index in [0.717, 1.165) is 12.1 Å². The quantitative estimate of drug-likeness (QED) is 0.685. The molecule has 3 aromatic rings. The normalized spacial score (nSPS) is 11.3. The van der Waals surface area contributed by atoms with E-state index in [-0.39, 0.29) is 6.54 Å². The maximum absolute atomic E-state index is 12.6. The molecule has 9 heteroatoms. The molecular weight excluding hydrogens is 363 g/mol. The number of aromatic nitrogens is 2. The highest BCUT2D eigenvalue weighted by molar-refractivity contribution is 5.59. The molecule has 2 aromatic carbocycles. The molecule has 1 heterocycles. The van der Waals surface area contributed by atoms with Crippen molar-refractivity contribution in [1.29, 1.82) is 0 Å². The van der Waals surface area contributed by atoms with E-state index in [9.17, 15) is 13.2 Å². The van der Waals surface area contributed by atoms with E-state index in [1.165, 1.54) is 26.4 Å². The number of ether oxygens (including phenoxy) is 2. The zero-order valence-corrected chi connectivity index (χ0v) is 14.5. The van der Waals surface area contributed by atoms with Crippen LogP contribution in [0.4, 0.5) is 18.9 Å². The second-order valence-electron chi connectivity index (χ2n) is 5.50. The molecule has 0 aliphatic carbocycles. The molecule has 3 rings (SSSR count). The SMILES string of the molecule is COc1ccc(-c2nnc(CNc3ccc(C(F)(F)F)cc3)o2)cc1OC. The molecule has 1 aromatic heterocycles. The summed E-state index contributed by atoms with van der Waals surface area (Å²) in [7, 11) is 3.06. The van der Waals surface area contributed by atoms with Gasteiger partial charge in [0.15, 0.2) is 11.5 Å². The molecule has 6 nitrogen and oxygen atoms in total. The number of alkyl halides is 3. The lowest BCUT2D eigenvalue weighted by Crippen LogP contribution is -2.05. The van der Waals surface area contributed by atoms with Gasteiger partial charge < -0.3 is 19.2 Å². The molecule has 27 heavy (non-hydrogen) atoms. The van der Waals surface area contributed by atoms with Crippen molar-refractivity contribution in [2.24, 2.45) is 0 Å². The number of hydrogen-bond donors (Lipinski definition) is 1. The Morgan fingerprint density at radius 2 is 1.67 bits per heavy atom. The van der Waals surface area contributed by atoms with Crippen molar-refractivity contribution in [3.8, 4) is 23.0 Å². The zero-order chi connectivity index (χ0) is 19.4. The molecular formula is C18H16F3N3O3. The number of nitrogens with one attached hydrogen (secondary N) is 1. The number of nitrogens with zero attached hydrogens (tertiary/aromatic N) is 2. The van der Waals surface area contributed by atoms with Crippen molar-refractivity contribution >= 4 is 5.69 Å². The smallest absolute Gasteiger partial charge is 0.416 e. The van der Waals surface area contributed by atoms with Crippen molar-refractivity contribution in [2.75, 3.05) is 19.5 Å². The number of hydrogen-bond acceptors (Lipinski definition) is 6. The van der Waals surface area contributed by atoms with Crippen LogP contribution in [-0.2, 0) is 12.7 Å². The molecule has 0 aliphatic heterocycles. The van der Waals surface area contributed by atoms with Crippen molar-refractivity contribution in [3.63, 3.8) is 0 Å². The van der Waals surface area contributed by atoms with Gasteiger partial charge in [0.05, 0.1) is 26.3 Å². The summed E-state index contributed by atoms with van der Waals surface area (Å²) in [5, 5.41) is 10.8. The summed E-state index contributed by atoms with van der Waals surface area (Å²) >= 11 is 0. The lowest BCUT2D eigenvalue weighted by Gasteiger charge is -2.08. The second kappa shape index (κ2) is 7.56. The summed E-state index contributed by atoms with van der Waals surface area (Å²) in [6, 6.07) is 9.87. The van der Waals surface area contributed by atoms with Crippen molar-refractivity contribution < 1.29 is 27.1 Å². The first-order valence-corrected chi connectivity index (χ1v) is 7.86. The van der Waals surface area contributed by atoms with Gasteiger partial charge in [0.2, 0.25) is 11.8 Å². The predicted molar refractivity (Wildman–Crippen MR) is 91.6 cm³/mol. The highest BCUT2D eigenvalue weighted by Gasteiger charge is 2.29. The van der Waals surface area contributed by atoms with E-state index in [1.807, 2.05) is 0 Å². The minimum atomic E-state index is -4.36. The maximum atomic E-state index is 12.6. The Morgan fingerprint density at radius 3 is 2.30 bits per heavy atom. The molecule has 0 saturated carbocycles. The Hall–Kier alpha value is -3.23. The first-order chi connectivity index (χ1) is 12.9. The maximum Gasteiger partial charge on any atom is 0.416 e. The van der Waals surface area contributed by atoms with Crippen LogP contribution in [0.2, 0.25) is 0 Å². The number of benzene rings is 2. The Balaban J connectivity index is 1.68. The molecule has 0 saturated heterocycles. The Morgan fingerprint density at radius 1 is 0.963 bits per heavy atom. The van der Waals surface area contributed by atoms with Gasteiger partial charge in [0, 0.05) is 11.3 Å². The average molecular weight is 379 g/mol. The van der Waals surface area contributed by atoms with Gasteiger partial charge in [-0.25, -0.2) is 0 Å². The van der Waals surface area contributed by atoms with Gasteiger partial charge in [0.1, 0.15) is 0 Å². The lowest BCUT2D eigenvalue weighted by atomic mass is 10.2. The summed E-state index contributed by atoms with van der Waals surface area (Å²) in [6.45, 7) is 0.172. The van der Waals surface area contributed by atoms with Gasteiger partial charge in [0.25, 0.3) is 0 Å². The van der Waals surface area contributed by atoms with Gasteiger partial charge >= 0.3 is 6.18 Å². The van der Waals surface area contributed by atoms with Crippen LogP contribution in [0.1, 0.15) is 11.5 Å². The third-order valence-corrected chi connectivity index (χ3v) is 3.75. The zero-order valence-electron chi connectivity index (χ0n) is 14.5. The molecule has 0 atom stereocenters. The van der Waals surface area contributed by atoms with Crippen LogP contribution in [-0.4, -0.2) is 24.4 Å². The minimum Gasteiger partial charge on any atom is -0.493 e. The largest absolute Gasteiger partial charge is 0.493 e. The molecule has 0 spiro atoms. The molecule has 0 aliphatic rings. The lowest BCUT2D eigenvalue weighted by molar-refractivity contribution is -0.137. The minimum absolute atomic E-state index is 0.172. The van der Waals surface area contributed by atoms with E-state index in [2.05, 4.69) is 15.5 Å². The highest BCUT2D eigenvalue weighted by Crippen LogP contribution is 2.32. The van der Waals surface area contributed by atoms with Crippen LogP contribution in [0.25, 0.3) is 11.5 Å². The fourth-order valence-corrected chi connectivity index (χ4v) is 2.37. The summed E-state index contributed by atoms with van der Waals surface area (Å²) in [6.07, 6.45) is -4.36. The van der Waals surface area contributed by atoms with Gasteiger partial charge in [-0.15, -0.1) is 10.2 Å². The van der Waals surface area contributed by atoms with E-state index >= 15 is 0 Å². The molecule has 1 N–H and O–H groups in total. The molecule has 0 unspecified atom stereocenters. The van der Waals surface area contributed by atoms with Gasteiger partial charge in [-0.3, -0.25) is 0 Å². The van der Waals surface area contributed by atoms with Gasteiger partial charge in [-0.05, 0) is 42.5 Å². The van der Waals surface area contributed by atoms with Crippen LogP contribution in [0.15, 0.2) is 46.9 Å². The van der Waals surface area contributed by atoms with Gasteiger partial charge in [-0.1, -0.05) is 0 Å². The predicted octanol–water partition coefficient (Wildman–Crippen LogP) is 4.38. The number of methoxy groups -OCH3 is 2. The van der Waals surface area contributed by atoms with E-state index in [4.69, 9.17) is 13.9 Å². The van der Waals surface area contributed by atoms with Crippen LogP contribution in [0.3, 0.4) is 0 Å². The highest BCUT2D eigenvalue weighted by atomic mass is 19.4. The fraction of sp³-hybridized carbons (Fsp3) is 0.222. The summed E-state index contributed by atoms with van der Waals surface area (Å²) in [5.74, 6) is 1.68. The van der Waals surface area contributed by atoms with Gasteiger partial charge in [-0.2, -0.15) is 13.2 Å². The number of rotatable bonds is 6. The number of halogens is 3. The van der Waals surface area contributed by atoms with Crippen LogP contribution in [0.5, 0.6) is 11.5 Å². The number of anilines is 1. The van der Waals surface area contributed by atoms with Crippen LogP contribution >= 0.6 is 0 Å². The van der Waals surface area contributed by atoms with E-state index < -0.39 is 11.7 Å². The molecule has 142 valence electrons. The second-order valence-corrected chi connectivity index (χ2v) is 5.50. The third kappa shape index (κ3) is 4.30. The van der Waals surface area contributed by atoms with Crippen molar-refractivity contribution in [2.45, 2.75) is 12.7 Å². The Labute approximate surface area is 152 Å². The first-order valence-electron chi connectivity index (χ1n) is 7.86.